The van der Waals surface area contributed by atoms with Gasteiger partial charge in [-0.15, -0.1) is 0 Å². The van der Waals surface area contributed by atoms with Gasteiger partial charge in [0.05, 0.1) is 11.4 Å². The summed E-state index contributed by atoms with van der Waals surface area (Å²) in [7, 11) is -3.45. The van der Waals surface area contributed by atoms with E-state index in [9.17, 15) is 13.2 Å². The van der Waals surface area contributed by atoms with Crippen LogP contribution in [0.2, 0.25) is 5.02 Å². The molecule has 1 aliphatic rings. The molecule has 1 N–H and O–H groups in total. The number of carbonyl (C=O) groups is 1. The predicted octanol–water partition coefficient (Wildman–Crippen LogP) is 1.85. The van der Waals surface area contributed by atoms with E-state index >= 15 is 0 Å². The Kier molecular flexibility index (Phi) is 6.11. The van der Waals surface area contributed by atoms with Gasteiger partial charge in [-0.2, -0.15) is 0 Å². The molecule has 0 aromatic heterocycles. The van der Waals surface area contributed by atoms with Gasteiger partial charge >= 0.3 is 0 Å². The highest BCUT2D eigenvalue weighted by molar-refractivity contribution is 7.92. The van der Waals surface area contributed by atoms with Gasteiger partial charge in [0, 0.05) is 37.5 Å². The third kappa shape index (κ3) is 4.62. The smallest absolute Gasteiger partial charge is 0.242 e. The lowest BCUT2D eigenvalue weighted by atomic mass is 10.2. The van der Waals surface area contributed by atoms with Gasteiger partial charge in [-0.05, 0) is 31.7 Å². The molecule has 1 fully saturated rings. The lowest BCUT2D eigenvalue weighted by Crippen LogP contribution is -2.46. The van der Waals surface area contributed by atoms with Crippen LogP contribution in [-0.4, -0.2) is 63.5 Å². The third-order valence-corrected chi connectivity index (χ3v) is 6.12. The van der Waals surface area contributed by atoms with E-state index in [2.05, 4.69) is 22.0 Å². The van der Waals surface area contributed by atoms with Crippen molar-refractivity contribution in [3.63, 3.8) is 0 Å². The Morgan fingerprint density at radius 2 is 1.92 bits per heavy atom. The van der Waals surface area contributed by atoms with Gasteiger partial charge in [0.25, 0.3) is 0 Å². The van der Waals surface area contributed by atoms with Crippen LogP contribution in [0.5, 0.6) is 0 Å². The van der Waals surface area contributed by atoms with Gasteiger partial charge in [-0.25, -0.2) is 8.42 Å². The second kappa shape index (κ2) is 7.72. The number of amides is 1. The van der Waals surface area contributed by atoms with E-state index < -0.39 is 21.0 Å². The number of hydrogen-bond donors (Lipinski definition) is 1. The van der Waals surface area contributed by atoms with Crippen LogP contribution < -0.4 is 10.2 Å². The molecule has 1 aromatic carbocycles. The van der Waals surface area contributed by atoms with Gasteiger partial charge in [0.2, 0.25) is 5.91 Å². The first-order chi connectivity index (χ1) is 11.2. The minimum absolute atomic E-state index is 0.494. The van der Waals surface area contributed by atoms with Crippen LogP contribution in [-0.2, 0) is 14.6 Å². The fourth-order valence-electron chi connectivity index (χ4n) is 2.62. The van der Waals surface area contributed by atoms with E-state index in [0.29, 0.717) is 10.7 Å². The number of nitrogens with zero attached hydrogens (tertiary/aromatic N) is 2. The zero-order chi connectivity index (χ0) is 17.9. The summed E-state index contributed by atoms with van der Waals surface area (Å²) < 4.78 is 23.2. The lowest BCUT2D eigenvalue weighted by molar-refractivity contribution is -0.115. The minimum Gasteiger partial charge on any atom is -0.367 e. The number of nitrogens with one attached hydrogen (secondary N) is 1. The molecule has 1 atom stereocenters. The molecule has 24 heavy (non-hydrogen) atoms. The topological polar surface area (TPSA) is 69.7 Å². The van der Waals surface area contributed by atoms with Crippen LogP contribution in [0.1, 0.15) is 13.8 Å². The van der Waals surface area contributed by atoms with Crippen molar-refractivity contribution in [2.24, 2.45) is 0 Å². The average molecular weight is 374 g/mol. The van der Waals surface area contributed by atoms with Crippen molar-refractivity contribution in [3.8, 4) is 0 Å². The Bertz CT molecular complexity index is 701. The molecule has 1 aromatic rings. The van der Waals surface area contributed by atoms with E-state index in [-0.39, 0.29) is 0 Å². The molecule has 1 amide bonds. The summed E-state index contributed by atoms with van der Waals surface area (Å²) in [5.41, 5.74) is 1.41. The maximum atomic E-state index is 12.2. The number of carbonyl (C=O) groups excluding carboxylic acids is 1. The number of sulfone groups is 1. The molecule has 0 spiro atoms. The molecule has 0 saturated carbocycles. The number of halogens is 1. The summed E-state index contributed by atoms with van der Waals surface area (Å²) in [5.74, 6) is -0.548. The zero-order valence-electron chi connectivity index (χ0n) is 14.3. The summed E-state index contributed by atoms with van der Waals surface area (Å²) in [5, 5.41) is 2.11. The van der Waals surface area contributed by atoms with E-state index in [1.807, 2.05) is 6.07 Å². The molecule has 0 bridgehead atoms. The summed E-state index contributed by atoms with van der Waals surface area (Å²) in [6, 6.07) is 5.30. The van der Waals surface area contributed by atoms with E-state index in [4.69, 9.17) is 11.6 Å². The Morgan fingerprint density at radius 3 is 2.46 bits per heavy atom. The second-order valence-electron chi connectivity index (χ2n) is 6.04. The summed E-state index contributed by atoms with van der Waals surface area (Å²) in [6.45, 7) is 8.13. The van der Waals surface area contributed by atoms with Crippen molar-refractivity contribution in [1.29, 1.82) is 0 Å². The first-order valence-corrected chi connectivity index (χ1v) is 10.3. The van der Waals surface area contributed by atoms with Crippen molar-refractivity contribution in [2.75, 3.05) is 49.2 Å². The number of likely N-dealkylation sites (N-methyl/N-ethyl adjacent to an activating group) is 1. The predicted molar refractivity (Wildman–Crippen MR) is 98.7 cm³/mol. The molecule has 134 valence electrons. The normalized spacial score (nSPS) is 17.6. The minimum atomic E-state index is -3.45. The van der Waals surface area contributed by atoms with Crippen LogP contribution in [0.3, 0.4) is 0 Å². The van der Waals surface area contributed by atoms with Gasteiger partial charge in [-0.1, -0.05) is 18.5 Å². The monoisotopic (exact) mass is 373 g/mol. The Balaban J connectivity index is 2.21. The van der Waals surface area contributed by atoms with Gasteiger partial charge in [0.15, 0.2) is 9.84 Å². The molecule has 2 rings (SSSR count). The molecule has 1 heterocycles. The van der Waals surface area contributed by atoms with Gasteiger partial charge in [0.1, 0.15) is 5.25 Å². The maximum Gasteiger partial charge on any atom is 0.242 e. The first kappa shape index (κ1) is 19.0. The Morgan fingerprint density at radius 1 is 1.29 bits per heavy atom. The van der Waals surface area contributed by atoms with Crippen LogP contribution >= 0.6 is 11.6 Å². The molecule has 1 saturated heterocycles. The van der Waals surface area contributed by atoms with Crippen molar-refractivity contribution >= 4 is 38.7 Å². The van der Waals surface area contributed by atoms with Crippen LogP contribution in [0.25, 0.3) is 0 Å². The van der Waals surface area contributed by atoms with Crippen LogP contribution in [0.4, 0.5) is 11.4 Å². The molecule has 1 aliphatic heterocycles. The van der Waals surface area contributed by atoms with E-state index in [1.54, 1.807) is 12.1 Å². The highest BCUT2D eigenvalue weighted by Gasteiger charge is 2.25. The number of anilines is 2. The molecule has 0 aliphatic carbocycles. The van der Waals surface area contributed by atoms with Crippen molar-refractivity contribution in [3.05, 3.63) is 23.2 Å². The standard InChI is InChI=1S/C16H24ClN3O3S/c1-4-19-7-9-20(10-8-19)15-6-5-13(17)11-14(15)18-16(21)12(2)24(3,22)23/h5-6,11-12H,4,7-10H2,1-3H3,(H,18,21). The van der Waals surface area contributed by atoms with E-state index in [1.165, 1.54) is 6.92 Å². The van der Waals surface area contributed by atoms with Crippen molar-refractivity contribution < 1.29 is 13.2 Å². The largest absolute Gasteiger partial charge is 0.367 e. The highest BCUT2D eigenvalue weighted by atomic mass is 35.5. The summed E-state index contributed by atoms with van der Waals surface area (Å²) in [4.78, 5) is 16.8. The number of benzene rings is 1. The average Bonchev–Trinajstić information content (AvgIpc) is 2.53. The fraction of sp³-hybridized carbons (Fsp3) is 0.562. The zero-order valence-corrected chi connectivity index (χ0v) is 15.8. The molecular weight excluding hydrogens is 350 g/mol. The first-order valence-electron chi connectivity index (χ1n) is 7.99. The SMILES string of the molecule is CCN1CCN(c2ccc(Cl)cc2NC(=O)C(C)S(C)(=O)=O)CC1. The molecule has 8 heteroatoms. The molecule has 6 nitrogen and oxygen atoms in total. The van der Waals surface area contributed by atoms with Crippen molar-refractivity contribution in [1.82, 2.24) is 4.90 Å². The highest BCUT2D eigenvalue weighted by Crippen LogP contribution is 2.30. The Hall–Kier alpha value is -1.31. The third-order valence-electron chi connectivity index (χ3n) is 4.39. The van der Waals surface area contributed by atoms with E-state index in [0.717, 1.165) is 44.7 Å². The quantitative estimate of drug-likeness (QED) is 0.853. The molecule has 0 radical (unpaired) electrons. The van der Waals surface area contributed by atoms with Crippen LogP contribution in [0, 0.1) is 0 Å². The summed E-state index contributed by atoms with van der Waals surface area (Å²) >= 11 is 6.06. The number of rotatable bonds is 5. The van der Waals surface area contributed by atoms with Crippen LogP contribution in [0.15, 0.2) is 18.2 Å². The number of hydrogen-bond acceptors (Lipinski definition) is 5. The number of piperazine rings is 1. The van der Waals surface area contributed by atoms with Gasteiger partial charge < -0.3 is 15.1 Å². The second-order valence-corrected chi connectivity index (χ2v) is 8.85. The fourth-order valence-corrected chi connectivity index (χ4v) is 3.24. The van der Waals surface area contributed by atoms with Crippen molar-refractivity contribution in [2.45, 2.75) is 19.1 Å². The molecule has 1 unspecified atom stereocenters. The Labute approximate surface area is 148 Å². The van der Waals surface area contributed by atoms with Gasteiger partial charge in [-0.3, -0.25) is 4.79 Å². The maximum absolute atomic E-state index is 12.2. The summed E-state index contributed by atoms with van der Waals surface area (Å²) in [6.07, 6.45) is 1.06. The lowest BCUT2D eigenvalue weighted by Gasteiger charge is -2.36. The molecular formula is C16H24ClN3O3S.